The fourth-order valence-corrected chi connectivity index (χ4v) is 4.60. The highest BCUT2D eigenvalue weighted by Crippen LogP contribution is 2.31. The zero-order valence-corrected chi connectivity index (χ0v) is 22.3. The van der Waals surface area contributed by atoms with E-state index in [-0.39, 0.29) is 5.91 Å². The lowest BCUT2D eigenvalue weighted by molar-refractivity contribution is -0.138. The molecule has 0 bridgehead atoms. The maximum absolute atomic E-state index is 12.7. The molecule has 4 aromatic rings. The predicted molar refractivity (Wildman–Crippen MR) is 152 cm³/mol. The number of carbonyl (C=O) groups excluding carboxylic acids is 2. The van der Waals surface area contributed by atoms with Crippen molar-refractivity contribution in [2.45, 2.75) is 32.1 Å². The van der Waals surface area contributed by atoms with E-state index in [1.165, 1.54) is 17.3 Å². The molecule has 1 aliphatic heterocycles. The van der Waals surface area contributed by atoms with Crippen molar-refractivity contribution in [3.05, 3.63) is 90.5 Å². The Morgan fingerprint density at radius 3 is 2.75 bits per heavy atom. The van der Waals surface area contributed by atoms with E-state index in [9.17, 15) is 9.59 Å². The van der Waals surface area contributed by atoms with Gasteiger partial charge in [-0.05, 0) is 67.4 Å². The molecule has 1 saturated heterocycles. The van der Waals surface area contributed by atoms with Gasteiger partial charge < -0.3 is 19.7 Å². The molecule has 10 nitrogen and oxygen atoms in total. The molecule has 2 amide bonds. The van der Waals surface area contributed by atoms with E-state index in [2.05, 4.69) is 32.2 Å². The average molecular weight is 559 g/mol. The lowest BCUT2D eigenvalue weighted by Crippen LogP contribution is -2.45. The zero-order valence-electron chi connectivity index (χ0n) is 21.5. The maximum atomic E-state index is 12.7. The summed E-state index contributed by atoms with van der Waals surface area (Å²) < 4.78 is 11.4. The summed E-state index contributed by atoms with van der Waals surface area (Å²) in [7, 11) is 0. The monoisotopic (exact) mass is 558 g/mol. The van der Waals surface area contributed by atoms with Gasteiger partial charge in [0.2, 0.25) is 5.91 Å². The third-order valence-electron chi connectivity index (χ3n) is 6.33. The Hall–Kier alpha value is -4.70. The van der Waals surface area contributed by atoms with Crippen molar-refractivity contribution < 1.29 is 19.1 Å². The molecule has 1 unspecified atom stereocenters. The fourth-order valence-electron chi connectivity index (χ4n) is 4.37. The molecule has 2 aromatic heterocycles. The van der Waals surface area contributed by atoms with Crippen LogP contribution in [0.2, 0.25) is 5.02 Å². The Kier molecular flexibility index (Phi) is 8.36. The van der Waals surface area contributed by atoms with Gasteiger partial charge in [0.1, 0.15) is 24.5 Å². The van der Waals surface area contributed by atoms with Crippen LogP contribution in [0, 0.1) is 0 Å². The number of anilines is 3. The first-order valence-corrected chi connectivity index (χ1v) is 13.1. The number of aromatic nitrogens is 3. The number of nitrogens with zero attached hydrogens (tertiary/aromatic N) is 4. The number of hydrogen-bond donors (Lipinski definition) is 2. The van der Waals surface area contributed by atoms with Crippen LogP contribution < -0.4 is 15.4 Å². The van der Waals surface area contributed by atoms with Crippen LogP contribution in [0.3, 0.4) is 0 Å². The lowest BCUT2D eigenvalue weighted by Gasteiger charge is -2.34. The van der Waals surface area contributed by atoms with Gasteiger partial charge in [0, 0.05) is 35.9 Å². The predicted octanol–water partition coefficient (Wildman–Crippen LogP) is 6.07. The number of piperidine rings is 1. The highest BCUT2D eigenvalue weighted by Gasteiger charge is 2.28. The molecule has 40 heavy (non-hydrogen) atoms. The topological polar surface area (TPSA) is 119 Å². The Balaban J connectivity index is 1.28. The maximum Gasteiger partial charge on any atom is 0.413 e. The summed E-state index contributed by atoms with van der Waals surface area (Å²) in [5, 5.41) is 7.10. The van der Waals surface area contributed by atoms with E-state index in [0.717, 1.165) is 18.5 Å². The largest absolute Gasteiger partial charge is 0.486 e. The standard InChI is InChI=1S/C29H27ClN6O4/c1-2-26(37)36-14-6-4-8-27(36)40-29(38)35-19-9-11-24-22(15-19)28(33-18-32-24)34-20-10-12-25(23(30)16-20)39-17-21-7-3-5-13-31-21/h2-3,5,7,9-13,15-16,18,27H,1,4,6,8,14,17H2,(H,35,38)(H,32,33,34). The molecule has 2 aromatic carbocycles. The second-order valence-electron chi connectivity index (χ2n) is 9.05. The van der Waals surface area contributed by atoms with Crippen LogP contribution in [-0.2, 0) is 16.1 Å². The molecule has 5 rings (SSSR count). The molecule has 11 heteroatoms. The highest BCUT2D eigenvalue weighted by atomic mass is 35.5. The number of amides is 2. The SMILES string of the molecule is C=CC(=O)N1CCCCC1OC(=O)Nc1ccc2ncnc(Nc3ccc(OCc4ccccn4)c(Cl)c3)c2c1. The second kappa shape index (κ2) is 12.4. The summed E-state index contributed by atoms with van der Waals surface area (Å²) in [6.45, 7) is 4.35. The average Bonchev–Trinajstić information content (AvgIpc) is 2.97. The van der Waals surface area contributed by atoms with Crippen LogP contribution in [-0.4, -0.2) is 44.6 Å². The van der Waals surface area contributed by atoms with Crippen LogP contribution in [0.1, 0.15) is 25.0 Å². The summed E-state index contributed by atoms with van der Waals surface area (Å²) in [6.07, 6.45) is 5.38. The quantitative estimate of drug-likeness (QED) is 0.250. The third kappa shape index (κ3) is 6.47. The number of ether oxygens (including phenoxy) is 2. The normalized spacial score (nSPS) is 14.8. The molecule has 2 N–H and O–H groups in total. The minimum Gasteiger partial charge on any atom is -0.486 e. The van der Waals surface area contributed by atoms with Gasteiger partial charge >= 0.3 is 6.09 Å². The van der Waals surface area contributed by atoms with Gasteiger partial charge in [-0.25, -0.2) is 14.8 Å². The molecule has 1 atom stereocenters. The molecule has 0 radical (unpaired) electrons. The van der Waals surface area contributed by atoms with E-state index in [0.29, 0.717) is 58.4 Å². The molecule has 204 valence electrons. The van der Waals surface area contributed by atoms with E-state index >= 15 is 0 Å². The number of fused-ring (bicyclic) bond motifs is 1. The van der Waals surface area contributed by atoms with Gasteiger partial charge in [-0.1, -0.05) is 24.2 Å². The number of likely N-dealkylation sites (tertiary alicyclic amines) is 1. The van der Waals surface area contributed by atoms with Gasteiger partial charge in [0.15, 0.2) is 6.23 Å². The Labute approximate surface area is 236 Å². The van der Waals surface area contributed by atoms with Gasteiger partial charge in [-0.3, -0.25) is 15.1 Å². The zero-order chi connectivity index (χ0) is 27.9. The van der Waals surface area contributed by atoms with Crippen LogP contribution >= 0.6 is 11.6 Å². The number of rotatable bonds is 8. The molecule has 1 aliphatic rings. The lowest BCUT2D eigenvalue weighted by atomic mass is 10.1. The highest BCUT2D eigenvalue weighted by molar-refractivity contribution is 6.32. The van der Waals surface area contributed by atoms with Crippen molar-refractivity contribution in [3.8, 4) is 5.75 Å². The molecular weight excluding hydrogens is 532 g/mol. The minimum atomic E-state index is -0.660. The van der Waals surface area contributed by atoms with Crippen LogP contribution in [0.15, 0.2) is 79.8 Å². The third-order valence-corrected chi connectivity index (χ3v) is 6.62. The number of halogens is 1. The second-order valence-corrected chi connectivity index (χ2v) is 9.46. The molecular formula is C29H27ClN6O4. The fraction of sp³-hybridized carbons (Fsp3) is 0.207. The first kappa shape index (κ1) is 26.9. The summed E-state index contributed by atoms with van der Waals surface area (Å²) in [6, 6.07) is 16.2. The Bertz CT molecular complexity index is 1530. The van der Waals surface area contributed by atoms with Gasteiger partial charge in [0.25, 0.3) is 0 Å². The summed E-state index contributed by atoms with van der Waals surface area (Å²) >= 11 is 6.47. The molecule has 0 saturated carbocycles. The van der Waals surface area contributed by atoms with Crippen molar-refractivity contribution >= 4 is 51.7 Å². The summed E-state index contributed by atoms with van der Waals surface area (Å²) in [4.78, 5) is 39.3. The first-order valence-electron chi connectivity index (χ1n) is 12.7. The summed E-state index contributed by atoms with van der Waals surface area (Å²) in [5.74, 6) is 0.793. The number of carbonyl (C=O) groups is 2. The van der Waals surface area contributed by atoms with Crippen molar-refractivity contribution in [1.82, 2.24) is 19.9 Å². The molecule has 0 aliphatic carbocycles. The number of hydrogen-bond acceptors (Lipinski definition) is 8. The minimum absolute atomic E-state index is 0.260. The summed E-state index contributed by atoms with van der Waals surface area (Å²) in [5.41, 5.74) is 2.65. The van der Waals surface area contributed by atoms with Crippen LogP contribution in [0.5, 0.6) is 5.75 Å². The smallest absolute Gasteiger partial charge is 0.413 e. The van der Waals surface area contributed by atoms with Crippen molar-refractivity contribution in [1.29, 1.82) is 0 Å². The van der Waals surface area contributed by atoms with Gasteiger partial charge in [-0.2, -0.15) is 0 Å². The first-order chi connectivity index (χ1) is 19.5. The Morgan fingerprint density at radius 1 is 1.07 bits per heavy atom. The van der Waals surface area contributed by atoms with Crippen LogP contribution in [0.4, 0.5) is 22.0 Å². The van der Waals surface area contributed by atoms with E-state index in [1.807, 2.05) is 24.3 Å². The molecule has 0 spiro atoms. The Morgan fingerprint density at radius 2 is 1.95 bits per heavy atom. The van der Waals surface area contributed by atoms with Crippen LogP contribution in [0.25, 0.3) is 10.9 Å². The number of nitrogens with one attached hydrogen (secondary N) is 2. The number of benzene rings is 2. The van der Waals surface area contributed by atoms with E-state index in [1.54, 1.807) is 36.5 Å². The molecule has 3 heterocycles. The van der Waals surface area contributed by atoms with Crippen molar-refractivity contribution in [3.63, 3.8) is 0 Å². The van der Waals surface area contributed by atoms with Gasteiger partial charge in [-0.15, -0.1) is 0 Å². The van der Waals surface area contributed by atoms with Gasteiger partial charge in [0.05, 0.1) is 16.2 Å². The molecule has 1 fully saturated rings. The van der Waals surface area contributed by atoms with E-state index in [4.69, 9.17) is 21.1 Å². The number of pyridine rings is 1. The van der Waals surface area contributed by atoms with Crippen molar-refractivity contribution in [2.24, 2.45) is 0 Å². The van der Waals surface area contributed by atoms with E-state index < -0.39 is 12.3 Å². The van der Waals surface area contributed by atoms with Crippen molar-refractivity contribution in [2.75, 3.05) is 17.2 Å².